The molecule has 0 saturated heterocycles. The number of hydrogen-bond donors (Lipinski definition) is 0. The molecule has 0 bridgehead atoms. The molecule has 0 radical (unpaired) electrons. The zero-order chi connectivity index (χ0) is 5.86. The molecule has 0 N–H and O–H groups in total. The standard InChI is InChI=1S/C3H6.C2H6Ge.Zr/c2*1-3-2;/h2*1-2H3;. The summed E-state index contributed by atoms with van der Waals surface area (Å²) in [6.45, 7) is 4.60. The maximum atomic E-state index is 2.49. The quantitative estimate of drug-likeness (QED) is 0.559. The Morgan fingerprint density at radius 3 is 1.71 bits per heavy atom. The minimum absolute atomic E-state index is 0.122. The Morgan fingerprint density at radius 2 is 1.71 bits per heavy atom. The van der Waals surface area contributed by atoms with Crippen molar-refractivity contribution in [1.29, 1.82) is 0 Å². The third-order valence-corrected chi connectivity index (χ3v) is 15.4. The van der Waals surface area contributed by atoms with Crippen LogP contribution in [0.15, 0.2) is 0 Å². The first-order valence-electron chi connectivity index (χ1n) is 2.50. The van der Waals surface area contributed by atoms with E-state index < -0.39 is 0 Å². The van der Waals surface area contributed by atoms with Gasteiger partial charge in [-0.25, -0.2) is 0 Å². The van der Waals surface area contributed by atoms with Crippen LogP contribution in [0.5, 0.6) is 0 Å². The molecule has 0 aromatic heterocycles. The fraction of sp³-hybridized carbons (Fsp3) is 0.800. The Balaban J connectivity index is 4.13. The Bertz CT molecular complexity index is 100. The summed E-state index contributed by atoms with van der Waals surface area (Å²) in [6, 6.07) is 0. The van der Waals surface area contributed by atoms with Crippen molar-refractivity contribution in [1.82, 2.24) is 0 Å². The van der Waals surface area contributed by atoms with Crippen LogP contribution in [0.1, 0.15) is 13.8 Å². The Kier molecular flexibility index (Phi) is 4.98. The van der Waals surface area contributed by atoms with Crippen LogP contribution in [-0.2, 0) is 19.6 Å². The fourth-order valence-electron chi connectivity index (χ4n) is 0.500. The van der Waals surface area contributed by atoms with Crippen molar-refractivity contribution >= 4 is 13.2 Å². The monoisotopic (exact) mass is 236 g/mol. The van der Waals surface area contributed by atoms with Crippen molar-refractivity contribution < 1.29 is 19.6 Å². The van der Waals surface area contributed by atoms with Crippen LogP contribution in [0.25, 0.3) is 0 Å². The Labute approximate surface area is 57.8 Å². The van der Waals surface area contributed by atoms with Crippen molar-refractivity contribution in [3.05, 3.63) is 0 Å². The van der Waals surface area contributed by atoms with E-state index in [-0.39, 0.29) is 29.6 Å². The summed E-state index contributed by atoms with van der Waals surface area (Å²) in [5, 5.41) is 0. The molecule has 0 aliphatic rings. The summed E-state index contributed by atoms with van der Waals surface area (Å²) in [5.74, 6) is 4.97. The van der Waals surface area contributed by atoms with E-state index in [0.29, 0.717) is 0 Å². The molecule has 0 fully saturated rings. The molecule has 0 unspecified atom stereocenters. The van der Waals surface area contributed by atoms with Gasteiger partial charge in [-0.2, -0.15) is 0 Å². The van der Waals surface area contributed by atoms with E-state index in [1.165, 1.54) is 0 Å². The minimum atomic E-state index is -0.316. The van der Waals surface area contributed by atoms with Gasteiger partial charge in [-0.15, -0.1) is 0 Å². The third-order valence-electron chi connectivity index (χ3n) is 0.500. The van der Waals surface area contributed by atoms with Crippen LogP contribution < -0.4 is 0 Å². The zero-order valence-electron chi connectivity index (χ0n) is 5.50. The van der Waals surface area contributed by atoms with Crippen LogP contribution >= 0.6 is 0 Å². The van der Waals surface area contributed by atoms with Gasteiger partial charge in [0.1, 0.15) is 0 Å². The van der Waals surface area contributed by atoms with Crippen molar-refractivity contribution in [3.8, 4) is 0 Å². The van der Waals surface area contributed by atoms with Crippen LogP contribution in [0, 0.1) is 0 Å². The van der Waals surface area contributed by atoms with Crippen molar-refractivity contribution in [2.45, 2.75) is 25.4 Å². The average molecular weight is 236 g/mol. The third kappa shape index (κ3) is 7.30. The topological polar surface area (TPSA) is 0 Å². The van der Waals surface area contributed by atoms with Crippen molar-refractivity contribution in [2.24, 2.45) is 0 Å². The average Bonchev–Trinajstić information content (AvgIpc) is 1.27. The molecule has 0 aromatic rings. The van der Waals surface area contributed by atoms with Gasteiger partial charge in [-0.1, -0.05) is 0 Å². The van der Waals surface area contributed by atoms with E-state index >= 15 is 0 Å². The van der Waals surface area contributed by atoms with Crippen molar-refractivity contribution in [2.75, 3.05) is 0 Å². The van der Waals surface area contributed by atoms with E-state index in [2.05, 4.69) is 25.4 Å². The van der Waals surface area contributed by atoms with Crippen LogP contribution in [0.3, 0.4) is 0 Å². The fourth-order valence-corrected chi connectivity index (χ4v) is 15.4. The van der Waals surface area contributed by atoms with Gasteiger partial charge in [0.2, 0.25) is 0 Å². The van der Waals surface area contributed by atoms with Gasteiger partial charge in [-0.3, -0.25) is 0 Å². The molecule has 0 rings (SSSR count). The van der Waals surface area contributed by atoms with Gasteiger partial charge in [0.05, 0.1) is 0 Å². The SMILES string of the molecule is C[C](C)=[Zr]=[Ge]([CH3])[CH3]. The Morgan fingerprint density at radius 1 is 1.29 bits per heavy atom. The van der Waals surface area contributed by atoms with E-state index in [9.17, 15) is 0 Å². The predicted molar refractivity (Wildman–Crippen MR) is 33.8 cm³/mol. The number of hydrogen-bond acceptors (Lipinski definition) is 0. The summed E-state index contributed by atoms with van der Waals surface area (Å²) < 4.78 is 1.78. The van der Waals surface area contributed by atoms with Gasteiger partial charge in [0.15, 0.2) is 0 Å². The predicted octanol–water partition coefficient (Wildman–Crippen LogP) is 1.53. The van der Waals surface area contributed by atoms with Gasteiger partial charge in [0.25, 0.3) is 0 Å². The molecule has 0 aliphatic heterocycles. The first-order valence-corrected chi connectivity index (χ1v) is 15.4. The number of rotatable bonds is 0. The van der Waals surface area contributed by atoms with Crippen LogP contribution in [0.2, 0.25) is 11.5 Å². The second-order valence-corrected chi connectivity index (χ2v) is 25.3. The molecule has 0 heterocycles. The van der Waals surface area contributed by atoms with Gasteiger partial charge >= 0.3 is 58.2 Å². The van der Waals surface area contributed by atoms with E-state index in [4.69, 9.17) is 0 Å². The van der Waals surface area contributed by atoms with Crippen molar-refractivity contribution in [3.63, 3.8) is 0 Å². The second kappa shape index (κ2) is 4.20. The van der Waals surface area contributed by atoms with E-state index in [0.717, 1.165) is 0 Å². The summed E-state index contributed by atoms with van der Waals surface area (Å²) in [6.07, 6.45) is 0. The molecule has 0 atom stereocenters. The van der Waals surface area contributed by atoms with E-state index in [1.807, 2.05) is 0 Å². The Hall–Kier alpha value is 1.30. The van der Waals surface area contributed by atoms with Gasteiger partial charge in [0, 0.05) is 0 Å². The molecule has 7 heavy (non-hydrogen) atoms. The normalized spacial score (nSPS) is 7.43. The summed E-state index contributed by atoms with van der Waals surface area (Å²) in [5.41, 5.74) is 0. The summed E-state index contributed by atoms with van der Waals surface area (Å²) >= 11 is 0.122. The van der Waals surface area contributed by atoms with Gasteiger partial charge < -0.3 is 0 Å². The van der Waals surface area contributed by atoms with Gasteiger partial charge in [-0.05, 0) is 0 Å². The molecular weight excluding hydrogens is 224 g/mol. The zero-order valence-corrected chi connectivity index (χ0v) is 10.1. The van der Waals surface area contributed by atoms with Crippen LogP contribution in [-0.4, -0.2) is 13.2 Å². The second-order valence-electron chi connectivity index (χ2n) is 2.12. The maximum absolute atomic E-state index is 2.49. The van der Waals surface area contributed by atoms with Crippen LogP contribution in [0.4, 0.5) is 0 Å². The first-order chi connectivity index (χ1) is 3.13. The van der Waals surface area contributed by atoms with E-state index in [1.54, 1.807) is 3.21 Å². The molecule has 40 valence electrons. The molecule has 0 aliphatic carbocycles. The molecule has 0 spiro atoms. The summed E-state index contributed by atoms with van der Waals surface area (Å²) in [4.78, 5) is 0. The molecular formula is C5H12GeZr. The molecule has 0 saturated carbocycles. The first kappa shape index (κ1) is 8.30. The molecule has 0 aromatic carbocycles. The molecule has 2 heteroatoms. The molecule has 0 nitrogen and oxygen atoms in total. The molecule has 0 amide bonds. The summed E-state index contributed by atoms with van der Waals surface area (Å²) in [7, 11) is -0.316.